The van der Waals surface area contributed by atoms with Crippen LogP contribution in [0.2, 0.25) is 0 Å². The van der Waals surface area contributed by atoms with Gasteiger partial charge in [-0.2, -0.15) is 0 Å². The van der Waals surface area contributed by atoms with Crippen LogP contribution in [0.25, 0.3) is 0 Å². The van der Waals surface area contributed by atoms with Gasteiger partial charge < -0.3 is 5.32 Å². The van der Waals surface area contributed by atoms with Crippen molar-refractivity contribution in [3.63, 3.8) is 0 Å². The first-order valence-corrected chi connectivity index (χ1v) is 5.21. The summed E-state index contributed by atoms with van der Waals surface area (Å²) in [6.45, 7) is 0. The van der Waals surface area contributed by atoms with Gasteiger partial charge in [-0.1, -0.05) is 0 Å². The van der Waals surface area contributed by atoms with Crippen LogP contribution in [-0.4, -0.2) is 17.3 Å². The SMILES string of the molecule is O=Cc1ccc(NC2CCC2)c([N+](=O)[O-])c1. The quantitative estimate of drug-likeness (QED) is 0.480. The molecule has 0 saturated heterocycles. The summed E-state index contributed by atoms with van der Waals surface area (Å²) < 4.78 is 0. The second-order valence-corrected chi connectivity index (χ2v) is 3.92. The van der Waals surface area contributed by atoms with Crippen molar-refractivity contribution in [1.82, 2.24) is 0 Å². The molecule has 0 unspecified atom stereocenters. The van der Waals surface area contributed by atoms with Crippen molar-refractivity contribution in [3.8, 4) is 0 Å². The number of carbonyl (C=O) groups is 1. The minimum absolute atomic E-state index is 0.0310. The van der Waals surface area contributed by atoms with Crippen molar-refractivity contribution in [2.75, 3.05) is 5.32 Å². The van der Waals surface area contributed by atoms with Gasteiger partial charge in [-0.05, 0) is 31.4 Å². The van der Waals surface area contributed by atoms with E-state index in [2.05, 4.69) is 5.32 Å². The molecule has 2 rings (SSSR count). The number of nitro groups is 1. The zero-order valence-corrected chi connectivity index (χ0v) is 8.68. The third kappa shape index (κ3) is 2.03. The number of aldehydes is 1. The van der Waals surface area contributed by atoms with Gasteiger partial charge in [0.25, 0.3) is 5.69 Å². The molecule has 5 heteroatoms. The number of rotatable bonds is 4. The number of carbonyl (C=O) groups excluding carboxylic acids is 1. The van der Waals surface area contributed by atoms with Gasteiger partial charge in [-0.15, -0.1) is 0 Å². The minimum atomic E-state index is -0.464. The maximum atomic E-state index is 10.8. The number of nitrogens with zero attached hydrogens (tertiary/aromatic N) is 1. The van der Waals surface area contributed by atoms with Crippen molar-refractivity contribution < 1.29 is 9.72 Å². The summed E-state index contributed by atoms with van der Waals surface area (Å²) in [6.07, 6.45) is 3.87. The van der Waals surface area contributed by atoms with E-state index in [4.69, 9.17) is 0 Å². The summed E-state index contributed by atoms with van der Waals surface area (Å²) in [6, 6.07) is 4.82. The van der Waals surface area contributed by atoms with E-state index < -0.39 is 4.92 Å². The largest absolute Gasteiger partial charge is 0.377 e. The molecule has 1 aliphatic carbocycles. The third-order valence-electron chi connectivity index (χ3n) is 2.82. The lowest BCUT2D eigenvalue weighted by Crippen LogP contribution is -2.27. The fourth-order valence-corrected chi connectivity index (χ4v) is 1.67. The molecule has 84 valence electrons. The van der Waals surface area contributed by atoms with Crippen LogP contribution in [0.15, 0.2) is 18.2 Å². The van der Waals surface area contributed by atoms with Crippen LogP contribution in [0.1, 0.15) is 29.6 Å². The number of hydrogen-bond acceptors (Lipinski definition) is 4. The van der Waals surface area contributed by atoms with Gasteiger partial charge in [0.15, 0.2) is 0 Å². The van der Waals surface area contributed by atoms with Crippen LogP contribution in [-0.2, 0) is 0 Å². The average molecular weight is 220 g/mol. The van der Waals surface area contributed by atoms with Crippen molar-refractivity contribution >= 4 is 17.7 Å². The molecule has 1 fully saturated rings. The lowest BCUT2D eigenvalue weighted by molar-refractivity contribution is -0.384. The van der Waals surface area contributed by atoms with Gasteiger partial charge >= 0.3 is 0 Å². The van der Waals surface area contributed by atoms with Gasteiger partial charge in [0.05, 0.1) is 4.92 Å². The van der Waals surface area contributed by atoms with E-state index in [-0.39, 0.29) is 5.69 Å². The molecule has 0 spiro atoms. The summed E-state index contributed by atoms with van der Waals surface area (Å²) in [5.74, 6) is 0. The first-order chi connectivity index (χ1) is 7.70. The normalized spacial score (nSPS) is 15.2. The highest BCUT2D eigenvalue weighted by Crippen LogP contribution is 2.29. The molecule has 0 aliphatic heterocycles. The Hall–Kier alpha value is -1.91. The molecule has 1 aromatic rings. The fraction of sp³-hybridized carbons (Fsp3) is 0.364. The molecule has 1 N–H and O–H groups in total. The Labute approximate surface area is 92.6 Å². The van der Waals surface area contributed by atoms with E-state index in [9.17, 15) is 14.9 Å². The predicted octanol–water partition coefficient (Wildman–Crippen LogP) is 2.37. The summed E-state index contributed by atoms with van der Waals surface area (Å²) in [5, 5.41) is 13.9. The zero-order chi connectivity index (χ0) is 11.5. The maximum Gasteiger partial charge on any atom is 0.293 e. The summed E-state index contributed by atoms with van der Waals surface area (Å²) in [5.41, 5.74) is 0.794. The van der Waals surface area contributed by atoms with E-state index in [0.717, 1.165) is 19.3 Å². The minimum Gasteiger partial charge on any atom is -0.377 e. The van der Waals surface area contributed by atoms with E-state index in [1.54, 1.807) is 12.1 Å². The first-order valence-electron chi connectivity index (χ1n) is 5.21. The molecule has 1 aliphatic rings. The molecule has 0 heterocycles. The Morgan fingerprint density at radius 3 is 2.69 bits per heavy atom. The Morgan fingerprint density at radius 1 is 1.44 bits per heavy atom. The number of hydrogen-bond donors (Lipinski definition) is 1. The number of nitrogens with one attached hydrogen (secondary N) is 1. The van der Waals surface area contributed by atoms with Crippen molar-refractivity contribution in [2.24, 2.45) is 0 Å². The Morgan fingerprint density at radius 2 is 2.19 bits per heavy atom. The summed E-state index contributed by atoms with van der Waals surface area (Å²) in [4.78, 5) is 20.9. The second kappa shape index (κ2) is 4.30. The van der Waals surface area contributed by atoms with Crippen LogP contribution in [0, 0.1) is 10.1 Å². The van der Waals surface area contributed by atoms with E-state index in [1.165, 1.54) is 6.07 Å². The van der Waals surface area contributed by atoms with Crippen LogP contribution in [0.4, 0.5) is 11.4 Å². The van der Waals surface area contributed by atoms with Crippen LogP contribution < -0.4 is 5.32 Å². The average Bonchev–Trinajstić information content (AvgIpc) is 2.23. The number of nitro benzene ring substituents is 1. The summed E-state index contributed by atoms with van der Waals surface area (Å²) >= 11 is 0. The monoisotopic (exact) mass is 220 g/mol. The Balaban J connectivity index is 2.27. The smallest absolute Gasteiger partial charge is 0.293 e. The summed E-state index contributed by atoms with van der Waals surface area (Å²) in [7, 11) is 0. The van der Waals surface area contributed by atoms with Crippen molar-refractivity contribution in [1.29, 1.82) is 0 Å². The van der Waals surface area contributed by atoms with E-state index in [0.29, 0.717) is 23.6 Å². The molecule has 0 radical (unpaired) electrons. The molecule has 16 heavy (non-hydrogen) atoms. The van der Waals surface area contributed by atoms with E-state index >= 15 is 0 Å². The highest BCUT2D eigenvalue weighted by molar-refractivity contribution is 5.79. The highest BCUT2D eigenvalue weighted by atomic mass is 16.6. The van der Waals surface area contributed by atoms with Gasteiger partial charge in [-0.3, -0.25) is 14.9 Å². The van der Waals surface area contributed by atoms with Crippen LogP contribution in [0.5, 0.6) is 0 Å². The van der Waals surface area contributed by atoms with Crippen molar-refractivity contribution in [2.45, 2.75) is 25.3 Å². The molecule has 0 atom stereocenters. The molecule has 1 aromatic carbocycles. The lowest BCUT2D eigenvalue weighted by Gasteiger charge is -2.27. The molecule has 1 saturated carbocycles. The molecule has 0 aromatic heterocycles. The van der Waals surface area contributed by atoms with Crippen LogP contribution >= 0.6 is 0 Å². The first kappa shape index (κ1) is 10.6. The zero-order valence-electron chi connectivity index (χ0n) is 8.68. The standard InChI is InChI=1S/C11H12N2O3/c14-7-8-4-5-10(11(6-8)13(15)16)12-9-2-1-3-9/h4-7,9,12H,1-3H2. The third-order valence-corrected chi connectivity index (χ3v) is 2.82. The second-order valence-electron chi connectivity index (χ2n) is 3.92. The molecular weight excluding hydrogens is 208 g/mol. The number of anilines is 1. The topological polar surface area (TPSA) is 72.2 Å². The molecular formula is C11H12N2O3. The Bertz CT molecular complexity index is 427. The number of benzene rings is 1. The van der Waals surface area contributed by atoms with Gasteiger partial charge in [0.1, 0.15) is 12.0 Å². The van der Waals surface area contributed by atoms with Gasteiger partial charge in [-0.25, -0.2) is 0 Å². The lowest BCUT2D eigenvalue weighted by atomic mass is 9.93. The highest BCUT2D eigenvalue weighted by Gasteiger charge is 2.21. The molecule has 0 bridgehead atoms. The van der Waals surface area contributed by atoms with Crippen LogP contribution in [0.3, 0.4) is 0 Å². The maximum absolute atomic E-state index is 10.8. The molecule has 0 amide bonds. The van der Waals surface area contributed by atoms with E-state index in [1.807, 2.05) is 0 Å². The molecule has 5 nitrogen and oxygen atoms in total. The van der Waals surface area contributed by atoms with Gasteiger partial charge in [0.2, 0.25) is 0 Å². The Kier molecular flexibility index (Phi) is 2.85. The predicted molar refractivity (Wildman–Crippen MR) is 59.7 cm³/mol. The van der Waals surface area contributed by atoms with Crippen molar-refractivity contribution in [3.05, 3.63) is 33.9 Å². The van der Waals surface area contributed by atoms with Gasteiger partial charge in [0, 0.05) is 17.7 Å². The fourth-order valence-electron chi connectivity index (χ4n) is 1.67.